The Morgan fingerprint density at radius 3 is 2.76 bits per heavy atom. The predicted molar refractivity (Wildman–Crippen MR) is 85.7 cm³/mol. The second-order valence-corrected chi connectivity index (χ2v) is 5.34. The number of nitrogens with one attached hydrogen (secondary N) is 1. The number of halogens is 1. The van der Waals surface area contributed by atoms with Crippen LogP contribution in [0.25, 0.3) is 16.6 Å². The number of aromatic nitrogens is 4. The van der Waals surface area contributed by atoms with Crippen LogP contribution in [-0.2, 0) is 0 Å². The van der Waals surface area contributed by atoms with E-state index >= 15 is 0 Å². The Morgan fingerprint density at radius 2 is 1.90 bits per heavy atom. The molecule has 0 saturated heterocycles. The zero-order chi connectivity index (χ0) is 14.2. The van der Waals surface area contributed by atoms with Crippen LogP contribution in [-0.4, -0.2) is 19.4 Å². The highest BCUT2D eigenvalue weighted by Crippen LogP contribution is 2.32. The summed E-state index contributed by atoms with van der Waals surface area (Å²) in [7, 11) is 0. The van der Waals surface area contributed by atoms with Gasteiger partial charge < -0.3 is 5.32 Å². The van der Waals surface area contributed by atoms with Crippen LogP contribution < -0.4 is 5.32 Å². The van der Waals surface area contributed by atoms with Crippen molar-refractivity contribution < 1.29 is 0 Å². The summed E-state index contributed by atoms with van der Waals surface area (Å²) in [6.45, 7) is 0. The van der Waals surface area contributed by atoms with Gasteiger partial charge in [-0.3, -0.25) is 9.38 Å². The van der Waals surface area contributed by atoms with E-state index in [0.29, 0.717) is 5.95 Å². The molecule has 0 atom stereocenters. The van der Waals surface area contributed by atoms with Gasteiger partial charge in [0.1, 0.15) is 5.65 Å². The summed E-state index contributed by atoms with van der Waals surface area (Å²) in [5.74, 6) is 0.704. The third kappa shape index (κ3) is 1.95. The SMILES string of the molecule is Brc1c2cccnc2n2c(Nc3cccnc3)nccc12. The molecule has 4 aromatic rings. The molecule has 0 aromatic carbocycles. The first-order valence-corrected chi connectivity index (χ1v) is 7.20. The van der Waals surface area contributed by atoms with Gasteiger partial charge in [0, 0.05) is 24.0 Å². The van der Waals surface area contributed by atoms with Crippen LogP contribution in [0.1, 0.15) is 0 Å². The molecule has 0 saturated carbocycles. The predicted octanol–water partition coefficient (Wildman–Crippen LogP) is 3.78. The monoisotopic (exact) mass is 339 g/mol. The molecule has 0 radical (unpaired) electrons. The van der Waals surface area contributed by atoms with Crippen molar-refractivity contribution >= 4 is 44.1 Å². The van der Waals surface area contributed by atoms with Crippen molar-refractivity contribution in [2.24, 2.45) is 0 Å². The van der Waals surface area contributed by atoms with E-state index in [0.717, 1.165) is 26.7 Å². The quantitative estimate of drug-likeness (QED) is 0.603. The minimum atomic E-state index is 0.704. The number of rotatable bonds is 2. The lowest BCUT2D eigenvalue weighted by Crippen LogP contribution is -2.01. The maximum atomic E-state index is 4.47. The molecule has 21 heavy (non-hydrogen) atoms. The summed E-state index contributed by atoms with van der Waals surface area (Å²) >= 11 is 3.64. The number of anilines is 2. The second kappa shape index (κ2) is 4.82. The van der Waals surface area contributed by atoms with Crippen molar-refractivity contribution in [1.82, 2.24) is 19.4 Å². The summed E-state index contributed by atoms with van der Waals surface area (Å²) in [6, 6.07) is 9.74. The molecular weight excluding hydrogens is 330 g/mol. The molecule has 6 heteroatoms. The summed E-state index contributed by atoms with van der Waals surface area (Å²) < 4.78 is 3.01. The maximum absolute atomic E-state index is 4.47. The van der Waals surface area contributed by atoms with Crippen LogP contribution in [0.2, 0.25) is 0 Å². The molecular formula is C15H10BrN5. The van der Waals surface area contributed by atoms with Gasteiger partial charge in [-0.2, -0.15) is 0 Å². The molecule has 4 aromatic heterocycles. The first-order chi connectivity index (χ1) is 10.3. The van der Waals surface area contributed by atoms with Gasteiger partial charge in [-0.1, -0.05) is 0 Å². The molecule has 4 heterocycles. The average molecular weight is 340 g/mol. The molecule has 0 aliphatic carbocycles. The van der Waals surface area contributed by atoms with Crippen molar-refractivity contribution in [3.05, 3.63) is 59.6 Å². The lowest BCUT2D eigenvalue weighted by molar-refractivity contribution is 1.10. The van der Waals surface area contributed by atoms with Crippen molar-refractivity contribution in [3.8, 4) is 0 Å². The van der Waals surface area contributed by atoms with E-state index in [1.807, 2.05) is 34.7 Å². The number of pyridine rings is 2. The van der Waals surface area contributed by atoms with Crippen molar-refractivity contribution in [1.29, 1.82) is 0 Å². The highest BCUT2D eigenvalue weighted by molar-refractivity contribution is 9.10. The first-order valence-electron chi connectivity index (χ1n) is 6.41. The van der Waals surface area contributed by atoms with Gasteiger partial charge in [0.25, 0.3) is 0 Å². The van der Waals surface area contributed by atoms with Gasteiger partial charge in [-0.25, -0.2) is 9.97 Å². The van der Waals surface area contributed by atoms with Gasteiger partial charge >= 0.3 is 0 Å². The van der Waals surface area contributed by atoms with Crippen LogP contribution in [0.4, 0.5) is 11.6 Å². The van der Waals surface area contributed by atoms with Crippen LogP contribution in [0, 0.1) is 0 Å². The molecule has 4 rings (SSSR count). The van der Waals surface area contributed by atoms with Crippen molar-refractivity contribution in [2.75, 3.05) is 5.32 Å². The molecule has 1 N–H and O–H groups in total. The number of nitrogens with zero attached hydrogens (tertiary/aromatic N) is 4. The number of fused-ring (bicyclic) bond motifs is 3. The fourth-order valence-corrected chi connectivity index (χ4v) is 2.97. The van der Waals surface area contributed by atoms with Gasteiger partial charge in [-0.15, -0.1) is 0 Å². The zero-order valence-corrected chi connectivity index (χ0v) is 12.4. The van der Waals surface area contributed by atoms with E-state index in [2.05, 4.69) is 36.2 Å². The van der Waals surface area contributed by atoms with E-state index in [9.17, 15) is 0 Å². The lowest BCUT2D eigenvalue weighted by Gasteiger charge is -2.08. The van der Waals surface area contributed by atoms with Gasteiger partial charge in [-0.05, 0) is 46.3 Å². The molecule has 0 unspecified atom stereocenters. The zero-order valence-electron chi connectivity index (χ0n) is 10.9. The van der Waals surface area contributed by atoms with E-state index in [1.54, 1.807) is 24.8 Å². The molecule has 0 fully saturated rings. The topological polar surface area (TPSA) is 55.1 Å². The minimum Gasteiger partial charge on any atom is -0.324 e. The Balaban J connectivity index is 1.99. The van der Waals surface area contributed by atoms with Gasteiger partial charge in [0.05, 0.1) is 21.9 Å². The third-order valence-electron chi connectivity index (χ3n) is 3.26. The second-order valence-electron chi connectivity index (χ2n) is 4.54. The Morgan fingerprint density at radius 1 is 1.00 bits per heavy atom. The maximum Gasteiger partial charge on any atom is 0.213 e. The Hall–Kier alpha value is -2.47. The molecule has 0 spiro atoms. The lowest BCUT2D eigenvalue weighted by atomic mass is 10.3. The third-order valence-corrected chi connectivity index (χ3v) is 4.09. The van der Waals surface area contributed by atoms with E-state index in [-0.39, 0.29) is 0 Å². The first kappa shape index (κ1) is 12.3. The average Bonchev–Trinajstić information content (AvgIpc) is 2.83. The van der Waals surface area contributed by atoms with Crippen molar-refractivity contribution in [2.45, 2.75) is 0 Å². The molecule has 102 valence electrons. The van der Waals surface area contributed by atoms with E-state index < -0.39 is 0 Å². The Labute approximate surface area is 128 Å². The molecule has 0 aliphatic heterocycles. The highest BCUT2D eigenvalue weighted by Gasteiger charge is 2.13. The molecule has 5 nitrogen and oxygen atoms in total. The Bertz CT molecular complexity index is 933. The summed E-state index contributed by atoms with van der Waals surface area (Å²) in [5.41, 5.74) is 2.76. The van der Waals surface area contributed by atoms with Crippen LogP contribution in [0.5, 0.6) is 0 Å². The summed E-state index contributed by atoms with van der Waals surface area (Å²) in [5, 5.41) is 4.34. The van der Waals surface area contributed by atoms with Gasteiger partial charge in [0.15, 0.2) is 0 Å². The van der Waals surface area contributed by atoms with Crippen LogP contribution in [0.3, 0.4) is 0 Å². The molecule has 0 aliphatic rings. The van der Waals surface area contributed by atoms with Crippen molar-refractivity contribution in [3.63, 3.8) is 0 Å². The Kier molecular flexibility index (Phi) is 2.82. The molecule has 0 amide bonds. The molecule has 0 bridgehead atoms. The fraction of sp³-hybridized carbons (Fsp3) is 0. The van der Waals surface area contributed by atoms with Gasteiger partial charge in [0.2, 0.25) is 5.95 Å². The fourth-order valence-electron chi connectivity index (χ4n) is 2.35. The van der Waals surface area contributed by atoms with Crippen LogP contribution in [0.15, 0.2) is 59.6 Å². The number of hydrogen-bond donors (Lipinski definition) is 1. The standard InChI is InChI=1S/C15H10BrN5/c16-13-11-4-2-7-18-14(11)21-12(13)5-8-19-15(21)20-10-3-1-6-17-9-10/h1-9H,(H,19,20). The smallest absolute Gasteiger partial charge is 0.213 e. The largest absolute Gasteiger partial charge is 0.324 e. The van der Waals surface area contributed by atoms with E-state index in [1.165, 1.54) is 0 Å². The summed E-state index contributed by atoms with van der Waals surface area (Å²) in [4.78, 5) is 13.0. The summed E-state index contributed by atoms with van der Waals surface area (Å²) in [6.07, 6.45) is 7.05. The highest BCUT2D eigenvalue weighted by atomic mass is 79.9. The van der Waals surface area contributed by atoms with E-state index in [4.69, 9.17) is 0 Å². The number of hydrogen-bond acceptors (Lipinski definition) is 4. The normalized spacial score (nSPS) is 11.1. The minimum absolute atomic E-state index is 0.704. The van der Waals surface area contributed by atoms with Crippen LogP contribution >= 0.6 is 15.9 Å².